The first-order valence-corrected chi connectivity index (χ1v) is 12.9. The van der Waals surface area contributed by atoms with Crippen molar-refractivity contribution < 1.29 is 22.6 Å². The molecule has 38 heavy (non-hydrogen) atoms. The van der Waals surface area contributed by atoms with Crippen molar-refractivity contribution in [2.24, 2.45) is 7.05 Å². The molecule has 1 aromatic carbocycles. The summed E-state index contributed by atoms with van der Waals surface area (Å²) in [6, 6.07) is 9.07. The Morgan fingerprint density at radius 1 is 1.18 bits per heavy atom. The number of aryl methyl sites for hydroxylation is 2. The summed E-state index contributed by atoms with van der Waals surface area (Å²) in [5.74, 6) is 0. The van der Waals surface area contributed by atoms with Gasteiger partial charge in [-0.3, -0.25) is 14.6 Å². The molecule has 2 fully saturated rings. The predicted molar refractivity (Wildman–Crippen MR) is 138 cm³/mol. The Hall–Kier alpha value is -2.95. The van der Waals surface area contributed by atoms with Crippen LogP contribution in [0.3, 0.4) is 0 Å². The van der Waals surface area contributed by atoms with E-state index in [4.69, 9.17) is 9.47 Å². The first-order chi connectivity index (χ1) is 18.1. The number of ether oxygens (including phenoxy) is 2. The Balaban J connectivity index is 1.31. The van der Waals surface area contributed by atoms with Crippen molar-refractivity contribution in [3.63, 3.8) is 0 Å². The topological polar surface area (TPSA) is 64.4 Å². The molecule has 1 N–H and O–H groups in total. The number of benzene rings is 1. The second kappa shape index (κ2) is 10.7. The summed E-state index contributed by atoms with van der Waals surface area (Å²) in [6.45, 7) is 7.52. The van der Waals surface area contributed by atoms with Crippen molar-refractivity contribution in [3.8, 4) is 0 Å². The van der Waals surface area contributed by atoms with Gasteiger partial charge in [0.1, 0.15) is 0 Å². The first kappa shape index (κ1) is 26.6. The molecule has 2 saturated heterocycles. The molecule has 2 aromatic heterocycles. The Labute approximate surface area is 221 Å². The monoisotopic (exact) mass is 529 g/mol. The number of nitrogens with zero attached hydrogens (tertiary/aromatic N) is 4. The molecule has 204 valence electrons. The second-order valence-electron chi connectivity index (χ2n) is 10.6. The molecule has 0 saturated carbocycles. The van der Waals surface area contributed by atoms with Gasteiger partial charge in [-0.15, -0.1) is 0 Å². The molecule has 2 aliphatic rings. The van der Waals surface area contributed by atoms with Gasteiger partial charge in [0.2, 0.25) is 0 Å². The fourth-order valence-corrected chi connectivity index (χ4v) is 5.31. The lowest BCUT2D eigenvalue weighted by Gasteiger charge is -2.42. The molecule has 1 atom stereocenters. The number of aromatic nitrogens is 3. The normalized spacial score (nSPS) is 19.8. The SMILES string of the molecule is Cc1cn(C)nc1CC1(c2cccc(NCc3ncc(CN4CCO[C@H](C)C4)cc3C(F)(F)F)c2)COC1. The van der Waals surface area contributed by atoms with Gasteiger partial charge in [-0.25, -0.2) is 0 Å². The first-order valence-electron chi connectivity index (χ1n) is 12.9. The standard InChI is InChI=1S/C28H34F3N5O2/c1-19-14-35(3)34-25(19)11-27(17-37-18-27)22-5-4-6-23(10-22)32-13-26-24(28(29,30)31)9-21(12-33-26)16-36-7-8-38-20(2)15-36/h4-6,9-10,12,14,20,32H,7-8,11,13,15-18H2,1-3H3/t20-/m1/s1. The smallest absolute Gasteiger partial charge is 0.379 e. The van der Waals surface area contributed by atoms with E-state index in [1.54, 1.807) is 6.20 Å². The van der Waals surface area contributed by atoms with E-state index < -0.39 is 11.7 Å². The average molecular weight is 530 g/mol. The number of rotatable bonds is 8. The lowest BCUT2D eigenvalue weighted by molar-refractivity contribution is -0.138. The molecular weight excluding hydrogens is 495 g/mol. The van der Waals surface area contributed by atoms with Crippen LogP contribution < -0.4 is 5.32 Å². The van der Waals surface area contributed by atoms with Crippen molar-refractivity contribution in [1.82, 2.24) is 19.7 Å². The number of morpholine rings is 1. The van der Waals surface area contributed by atoms with Crippen molar-refractivity contribution in [1.29, 1.82) is 0 Å². The molecular formula is C28H34F3N5O2. The number of anilines is 1. The van der Waals surface area contributed by atoms with Crippen LogP contribution in [0.1, 0.15) is 40.6 Å². The second-order valence-corrected chi connectivity index (χ2v) is 10.6. The van der Waals surface area contributed by atoms with Gasteiger partial charge in [-0.1, -0.05) is 12.1 Å². The van der Waals surface area contributed by atoms with Crippen LogP contribution in [-0.4, -0.2) is 58.7 Å². The quantitative estimate of drug-likeness (QED) is 0.464. The highest BCUT2D eigenvalue weighted by molar-refractivity contribution is 5.49. The van der Waals surface area contributed by atoms with E-state index in [1.165, 1.54) is 6.07 Å². The van der Waals surface area contributed by atoms with Crippen LogP contribution in [0.5, 0.6) is 0 Å². The number of hydrogen-bond acceptors (Lipinski definition) is 6. The van der Waals surface area contributed by atoms with E-state index in [9.17, 15) is 13.2 Å². The largest absolute Gasteiger partial charge is 0.418 e. The number of alkyl halides is 3. The van der Waals surface area contributed by atoms with Crippen LogP contribution >= 0.6 is 0 Å². The minimum atomic E-state index is -4.49. The third kappa shape index (κ3) is 5.87. The molecule has 0 spiro atoms. The zero-order valence-corrected chi connectivity index (χ0v) is 22.0. The third-order valence-electron chi connectivity index (χ3n) is 7.38. The average Bonchev–Trinajstić information content (AvgIpc) is 3.16. The molecule has 0 amide bonds. The summed E-state index contributed by atoms with van der Waals surface area (Å²) in [7, 11) is 1.91. The molecule has 2 aliphatic heterocycles. The Morgan fingerprint density at radius 2 is 2.00 bits per heavy atom. The van der Waals surface area contributed by atoms with Gasteiger partial charge in [0.05, 0.1) is 49.4 Å². The van der Waals surface area contributed by atoms with Crippen LogP contribution in [0.4, 0.5) is 18.9 Å². The van der Waals surface area contributed by atoms with Crippen molar-refractivity contribution in [2.75, 3.05) is 38.2 Å². The number of pyridine rings is 1. The number of halogens is 3. The van der Waals surface area contributed by atoms with E-state index >= 15 is 0 Å². The van der Waals surface area contributed by atoms with Gasteiger partial charge in [-0.05, 0) is 48.7 Å². The summed E-state index contributed by atoms with van der Waals surface area (Å²) >= 11 is 0. The molecule has 0 radical (unpaired) electrons. The molecule has 5 rings (SSSR count). The summed E-state index contributed by atoms with van der Waals surface area (Å²) < 4.78 is 54.9. The molecule has 0 aliphatic carbocycles. The molecule has 4 heterocycles. The van der Waals surface area contributed by atoms with Crippen LogP contribution in [0, 0.1) is 6.92 Å². The lowest BCUT2D eigenvalue weighted by Crippen LogP contribution is -2.48. The molecule has 3 aromatic rings. The number of hydrogen-bond donors (Lipinski definition) is 1. The summed E-state index contributed by atoms with van der Waals surface area (Å²) in [6.07, 6.45) is -0.131. The van der Waals surface area contributed by atoms with Gasteiger partial charge >= 0.3 is 6.18 Å². The van der Waals surface area contributed by atoms with Crippen molar-refractivity contribution in [3.05, 3.63) is 76.4 Å². The Morgan fingerprint density at radius 3 is 2.66 bits per heavy atom. The van der Waals surface area contributed by atoms with Crippen LogP contribution in [0.15, 0.2) is 42.7 Å². The maximum Gasteiger partial charge on any atom is 0.418 e. The summed E-state index contributed by atoms with van der Waals surface area (Å²) in [5, 5.41) is 7.77. The third-order valence-corrected chi connectivity index (χ3v) is 7.38. The van der Waals surface area contributed by atoms with Crippen molar-refractivity contribution in [2.45, 2.75) is 51.1 Å². The molecule has 0 bridgehead atoms. The highest BCUT2D eigenvalue weighted by atomic mass is 19.4. The van der Waals surface area contributed by atoms with E-state index in [1.807, 2.05) is 56.0 Å². The van der Waals surface area contributed by atoms with Crippen LogP contribution in [0.25, 0.3) is 0 Å². The molecule has 0 unspecified atom stereocenters. The highest BCUT2D eigenvalue weighted by Crippen LogP contribution is 2.38. The minimum absolute atomic E-state index is 0.0206. The lowest BCUT2D eigenvalue weighted by atomic mass is 9.74. The summed E-state index contributed by atoms with van der Waals surface area (Å²) in [4.78, 5) is 6.34. The van der Waals surface area contributed by atoms with Gasteiger partial charge in [-0.2, -0.15) is 18.3 Å². The Kier molecular flexibility index (Phi) is 7.48. The van der Waals surface area contributed by atoms with Gasteiger partial charge < -0.3 is 14.8 Å². The minimum Gasteiger partial charge on any atom is -0.379 e. The maximum absolute atomic E-state index is 14.0. The van der Waals surface area contributed by atoms with Crippen molar-refractivity contribution >= 4 is 5.69 Å². The number of nitrogens with one attached hydrogen (secondary N) is 1. The van der Waals surface area contributed by atoms with E-state index in [-0.39, 0.29) is 23.8 Å². The van der Waals surface area contributed by atoms with E-state index in [0.717, 1.165) is 28.9 Å². The van der Waals surface area contributed by atoms with E-state index in [0.29, 0.717) is 45.0 Å². The van der Waals surface area contributed by atoms with Gasteiger partial charge in [0, 0.05) is 56.6 Å². The predicted octanol–water partition coefficient (Wildman–Crippen LogP) is 4.49. The zero-order valence-electron chi connectivity index (χ0n) is 22.0. The highest BCUT2D eigenvalue weighted by Gasteiger charge is 2.41. The maximum atomic E-state index is 14.0. The molecule has 10 heteroatoms. The Bertz CT molecular complexity index is 1270. The fourth-order valence-electron chi connectivity index (χ4n) is 5.31. The molecule has 7 nitrogen and oxygen atoms in total. The van der Waals surface area contributed by atoms with Crippen LogP contribution in [-0.2, 0) is 47.6 Å². The van der Waals surface area contributed by atoms with Gasteiger partial charge in [0.15, 0.2) is 0 Å². The summed E-state index contributed by atoms with van der Waals surface area (Å²) in [5.41, 5.74) is 3.61. The zero-order chi connectivity index (χ0) is 26.9. The van der Waals surface area contributed by atoms with Gasteiger partial charge in [0.25, 0.3) is 0 Å². The van der Waals surface area contributed by atoms with Crippen LogP contribution in [0.2, 0.25) is 0 Å². The fraction of sp³-hybridized carbons (Fsp3) is 0.500. The van der Waals surface area contributed by atoms with E-state index in [2.05, 4.69) is 20.3 Å².